The lowest BCUT2D eigenvalue weighted by atomic mass is 10.2. The van der Waals surface area contributed by atoms with Crippen LogP contribution in [-0.4, -0.2) is 31.6 Å². The molecule has 0 saturated carbocycles. The van der Waals surface area contributed by atoms with Gasteiger partial charge in [-0.05, 0) is 19.1 Å². The number of carbonyl (C=O) groups is 2. The van der Waals surface area contributed by atoms with E-state index in [0.29, 0.717) is 5.75 Å². The largest absolute Gasteiger partial charge is 0.491 e. The summed E-state index contributed by atoms with van der Waals surface area (Å²) in [5, 5.41) is 2.47. The van der Waals surface area contributed by atoms with E-state index in [1.165, 1.54) is 14.0 Å². The molecule has 0 heterocycles. The van der Waals surface area contributed by atoms with E-state index in [4.69, 9.17) is 4.74 Å². The van der Waals surface area contributed by atoms with Gasteiger partial charge in [0.05, 0.1) is 7.11 Å². The van der Waals surface area contributed by atoms with Gasteiger partial charge in [0.25, 0.3) is 0 Å². The van der Waals surface area contributed by atoms with Crippen molar-refractivity contribution in [2.75, 3.05) is 13.7 Å². The molecular weight excluding hydrogens is 234 g/mol. The van der Waals surface area contributed by atoms with E-state index in [2.05, 4.69) is 10.1 Å². The van der Waals surface area contributed by atoms with Gasteiger partial charge in [-0.3, -0.25) is 4.79 Å². The van der Waals surface area contributed by atoms with Gasteiger partial charge in [-0.15, -0.1) is 0 Å². The minimum absolute atomic E-state index is 0.0370. The van der Waals surface area contributed by atoms with Crippen LogP contribution in [0.25, 0.3) is 0 Å². The molecule has 5 nitrogen and oxygen atoms in total. The zero-order valence-electron chi connectivity index (χ0n) is 10.7. The highest BCUT2D eigenvalue weighted by Crippen LogP contribution is 2.11. The van der Waals surface area contributed by atoms with Gasteiger partial charge >= 0.3 is 5.97 Å². The van der Waals surface area contributed by atoms with Crippen LogP contribution < -0.4 is 10.1 Å². The van der Waals surface area contributed by atoms with Gasteiger partial charge in [0.15, 0.2) is 6.04 Å². The van der Waals surface area contributed by atoms with Gasteiger partial charge in [0.1, 0.15) is 12.4 Å². The van der Waals surface area contributed by atoms with Crippen LogP contribution in [0, 0.1) is 6.92 Å². The zero-order valence-corrected chi connectivity index (χ0v) is 10.7. The van der Waals surface area contributed by atoms with Crippen molar-refractivity contribution < 1.29 is 19.1 Å². The van der Waals surface area contributed by atoms with Crippen LogP contribution >= 0.6 is 0 Å². The fraction of sp³-hybridized carbons (Fsp3) is 0.385. The third-order valence-electron chi connectivity index (χ3n) is 2.30. The van der Waals surface area contributed by atoms with Crippen LogP contribution in [0.5, 0.6) is 5.75 Å². The van der Waals surface area contributed by atoms with Gasteiger partial charge in [0.2, 0.25) is 5.91 Å². The second kappa shape index (κ2) is 6.64. The normalized spacial score (nSPS) is 11.5. The molecular formula is C13H17NO4. The Bertz CT molecular complexity index is 414. The highest BCUT2D eigenvalue weighted by atomic mass is 16.5. The fourth-order valence-corrected chi connectivity index (χ4v) is 1.37. The van der Waals surface area contributed by atoms with Crippen molar-refractivity contribution in [1.82, 2.24) is 5.32 Å². The first kappa shape index (κ1) is 14.0. The number of esters is 1. The van der Waals surface area contributed by atoms with Gasteiger partial charge in [-0.1, -0.05) is 17.7 Å². The number of aryl methyl sites for hydroxylation is 1. The summed E-state index contributed by atoms with van der Waals surface area (Å²) in [6, 6.07) is 6.62. The number of hydrogen-bond acceptors (Lipinski definition) is 4. The minimum atomic E-state index is -0.797. The summed E-state index contributed by atoms with van der Waals surface area (Å²) in [7, 11) is 1.27. The molecule has 1 N–H and O–H groups in total. The molecule has 0 radical (unpaired) electrons. The number of carbonyl (C=O) groups excluding carboxylic acids is 2. The maximum atomic E-state index is 11.4. The number of nitrogens with one attached hydrogen (secondary N) is 1. The Labute approximate surface area is 106 Å². The highest BCUT2D eigenvalue weighted by molar-refractivity contribution is 5.83. The van der Waals surface area contributed by atoms with Crippen molar-refractivity contribution in [1.29, 1.82) is 0 Å². The van der Waals surface area contributed by atoms with Crippen LogP contribution in [0.15, 0.2) is 24.3 Å². The summed E-state index contributed by atoms with van der Waals surface area (Å²) < 4.78 is 10.0. The summed E-state index contributed by atoms with van der Waals surface area (Å²) in [4.78, 5) is 22.4. The zero-order chi connectivity index (χ0) is 13.5. The van der Waals surface area contributed by atoms with Gasteiger partial charge < -0.3 is 14.8 Å². The van der Waals surface area contributed by atoms with E-state index in [9.17, 15) is 9.59 Å². The summed E-state index contributed by atoms with van der Waals surface area (Å²) in [5.74, 6) is -0.199. The van der Waals surface area contributed by atoms with E-state index >= 15 is 0 Å². The Morgan fingerprint density at radius 3 is 2.39 bits per heavy atom. The van der Waals surface area contributed by atoms with Crippen molar-refractivity contribution in [3.05, 3.63) is 29.8 Å². The number of methoxy groups -OCH3 is 1. The molecule has 98 valence electrons. The van der Waals surface area contributed by atoms with Crippen LogP contribution in [0.1, 0.15) is 12.5 Å². The minimum Gasteiger partial charge on any atom is -0.491 e. The Morgan fingerprint density at radius 1 is 1.28 bits per heavy atom. The van der Waals surface area contributed by atoms with Crippen LogP contribution in [0.3, 0.4) is 0 Å². The first-order valence-corrected chi connectivity index (χ1v) is 5.57. The lowest BCUT2D eigenvalue weighted by molar-refractivity contribution is -0.145. The summed E-state index contributed by atoms with van der Waals surface area (Å²) in [6.45, 7) is 3.34. The standard InChI is InChI=1S/C13H17NO4/c1-9-4-6-11(7-5-9)18-8-12(13(16)17-3)14-10(2)15/h4-7,12H,8H2,1-3H3,(H,14,15). The molecule has 1 atom stereocenters. The fourth-order valence-electron chi connectivity index (χ4n) is 1.37. The number of ether oxygens (including phenoxy) is 2. The first-order chi connectivity index (χ1) is 8.52. The number of rotatable bonds is 5. The van der Waals surface area contributed by atoms with E-state index in [1.807, 2.05) is 19.1 Å². The molecule has 1 rings (SSSR count). The summed E-state index contributed by atoms with van der Waals surface area (Å²) in [6.07, 6.45) is 0. The van der Waals surface area contributed by atoms with E-state index in [1.54, 1.807) is 12.1 Å². The predicted octanol–water partition coefficient (Wildman–Crippen LogP) is 1.05. The van der Waals surface area contributed by atoms with E-state index in [0.717, 1.165) is 5.56 Å². The molecule has 18 heavy (non-hydrogen) atoms. The van der Waals surface area contributed by atoms with Gasteiger partial charge in [-0.25, -0.2) is 4.79 Å². The van der Waals surface area contributed by atoms with Crippen molar-refractivity contribution >= 4 is 11.9 Å². The molecule has 0 aliphatic rings. The monoisotopic (exact) mass is 251 g/mol. The van der Waals surface area contributed by atoms with Crippen LogP contribution in [0.4, 0.5) is 0 Å². The molecule has 1 aromatic rings. The Morgan fingerprint density at radius 2 is 1.89 bits per heavy atom. The molecule has 0 fully saturated rings. The molecule has 0 saturated heterocycles. The number of benzene rings is 1. The van der Waals surface area contributed by atoms with Crippen molar-refractivity contribution in [3.63, 3.8) is 0 Å². The molecule has 0 aromatic heterocycles. The predicted molar refractivity (Wildman–Crippen MR) is 66.3 cm³/mol. The van der Waals surface area contributed by atoms with Crippen molar-refractivity contribution in [2.45, 2.75) is 19.9 Å². The molecule has 0 aliphatic heterocycles. The lowest BCUT2D eigenvalue weighted by Gasteiger charge is -2.16. The SMILES string of the molecule is COC(=O)C(COc1ccc(C)cc1)NC(C)=O. The van der Waals surface area contributed by atoms with Crippen molar-refractivity contribution in [2.24, 2.45) is 0 Å². The quantitative estimate of drug-likeness (QED) is 0.794. The van der Waals surface area contributed by atoms with Crippen LogP contribution in [0.2, 0.25) is 0 Å². The molecule has 1 amide bonds. The Kier molecular flexibility index (Phi) is 5.17. The van der Waals surface area contributed by atoms with Gasteiger partial charge in [-0.2, -0.15) is 0 Å². The van der Waals surface area contributed by atoms with E-state index in [-0.39, 0.29) is 12.5 Å². The second-order valence-electron chi connectivity index (χ2n) is 3.90. The molecule has 0 aliphatic carbocycles. The maximum Gasteiger partial charge on any atom is 0.331 e. The number of amides is 1. The average Bonchev–Trinajstić information content (AvgIpc) is 2.35. The topological polar surface area (TPSA) is 64.6 Å². The highest BCUT2D eigenvalue weighted by Gasteiger charge is 2.20. The van der Waals surface area contributed by atoms with E-state index < -0.39 is 12.0 Å². The molecule has 5 heteroatoms. The van der Waals surface area contributed by atoms with Gasteiger partial charge in [0, 0.05) is 6.92 Å². The number of hydrogen-bond donors (Lipinski definition) is 1. The third kappa shape index (κ3) is 4.45. The lowest BCUT2D eigenvalue weighted by Crippen LogP contribution is -2.44. The third-order valence-corrected chi connectivity index (χ3v) is 2.30. The Hall–Kier alpha value is -2.04. The molecule has 1 aromatic carbocycles. The Balaban J connectivity index is 2.58. The molecule has 1 unspecified atom stereocenters. The summed E-state index contributed by atoms with van der Waals surface area (Å²) in [5.41, 5.74) is 1.12. The summed E-state index contributed by atoms with van der Waals surface area (Å²) >= 11 is 0. The average molecular weight is 251 g/mol. The maximum absolute atomic E-state index is 11.4. The molecule has 0 bridgehead atoms. The smallest absolute Gasteiger partial charge is 0.331 e. The molecule has 0 spiro atoms. The second-order valence-corrected chi connectivity index (χ2v) is 3.90. The first-order valence-electron chi connectivity index (χ1n) is 5.57. The van der Waals surface area contributed by atoms with Crippen molar-refractivity contribution in [3.8, 4) is 5.75 Å². The van der Waals surface area contributed by atoms with Crippen LogP contribution in [-0.2, 0) is 14.3 Å².